The Labute approximate surface area is 162 Å². The maximum Gasteiger partial charge on any atom is 0.290 e. The van der Waals surface area contributed by atoms with E-state index in [1.165, 1.54) is 0 Å². The summed E-state index contributed by atoms with van der Waals surface area (Å²) >= 11 is 5.22. The Balaban J connectivity index is 1.47. The highest BCUT2D eigenvalue weighted by Crippen LogP contribution is 2.27. The number of amides is 1. The van der Waals surface area contributed by atoms with Crippen molar-refractivity contribution in [3.05, 3.63) is 77.6 Å². The van der Waals surface area contributed by atoms with Crippen LogP contribution in [-0.2, 0) is 12.8 Å². The summed E-state index contributed by atoms with van der Waals surface area (Å²) in [6.07, 6.45) is 2.81. The summed E-state index contributed by atoms with van der Waals surface area (Å²) in [6.45, 7) is 0. The number of anilines is 1. The Hall–Kier alpha value is -3.19. The zero-order chi connectivity index (χ0) is 18.6. The van der Waals surface area contributed by atoms with Gasteiger partial charge in [-0.2, -0.15) is 5.10 Å². The fraction of sp³-hybridized carbons (Fsp3) is 0.150. The molecular weight excluding hydrogens is 358 g/mol. The quantitative estimate of drug-likeness (QED) is 0.484. The number of hydrogen-bond acceptors (Lipinski definition) is 3. The molecule has 136 valence electrons. The molecule has 3 N–H and O–H groups in total. The van der Waals surface area contributed by atoms with Crippen LogP contribution in [0.1, 0.15) is 28.2 Å². The molecular formula is C20H19N5OS. The molecule has 4 rings (SSSR count). The lowest BCUT2D eigenvalue weighted by Gasteiger charge is -2.11. The molecule has 6 nitrogen and oxygen atoms in total. The van der Waals surface area contributed by atoms with Gasteiger partial charge in [-0.3, -0.25) is 15.6 Å². The van der Waals surface area contributed by atoms with E-state index in [0.717, 1.165) is 41.9 Å². The molecule has 7 heteroatoms. The standard InChI is InChI=1S/C20H19N5OS/c26-19(22-23-20(27)21-14-8-3-1-4-9-14)18-16-12-7-13-17(16)25(24-18)15-10-5-2-6-11-15/h1-6,8-11H,7,12-13H2,(H,22,26)(H2,21,23,27). The van der Waals surface area contributed by atoms with Crippen LogP contribution in [0.25, 0.3) is 5.69 Å². The number of para-hydroxylation sites is 2. The molecule has 2 aromatic carbocycles. The van der Waals surface area contributed by atoms with Crippen molar-refractivity contribution in [3.8, 4) is 5.69 Å². The second-order valence-corrected chi connectivity index (χ2v) is 6.68. The van der Waals surface area contributed by atoms with Crippen molar-refractivity contribution in [1.82, 2.24) is 20.6 Å². The van der Waals surface area contributed by atoms with E-state index in [0.29, 0.717) is 10.8 Å². The second-order valence-electron chi connectivity index (χ2n) is 6.27. The van der Waals surface area contributed by atoms with Crippen LogP contribution in [0.2, 0.25) is 0 Å². The average Bonchev–Trinajstić information content (AvgIpc) is 3.30. The minimum atomic E-state index is -0.292. The summed E-state index contributed by atoms with van der Waals surface area (Å²) in [4.78, 5) is 12.7. The molecule has 0 saturated carbocycles. The van der Waals surface area contributed by atoms with Gasteiger partial charge >= 0.3 is 0 Å². The number of fused-ring (bicyclic) bond motifs is 1. The highest BCUT2D eigenvalue weighted by molar-refractivity contribution is 7.80. The summed E-state index contributed by atoms with van der Waals surface area (Å²) < 4.78 is 1.87. The molecule has 0 atom stereocenters. The summed E-state index contributed by atoms with van der Waals surface area (Å²) in [5, 5.41) is 7.89. The first-order valence-electron chi connectivity index (χ1n) is 8.81. The number of benzene rings is 2. The van der Waals surface area contributed by atoms with Crippen molar-refractivity contribution in [1.29, 1.82) is 0 Å². The molecule has 1 heterocycles. The normalized spacial score (nSPS) is 12.3. The van der Waals surface area contributed by atoms with Gasteiger partial charge in [0.1, 0.15) is 0 Å². The average molecular weight is 377 g/mol. The van der Waals surface area contributed by atoms with E-state index in [1.54, 1.807) is 0 Å². The lowest BCUT2D eigenvalue weighted by atomic mass is 10.2. The van der Waals surface area contributed by atoms with E-state index in [2.05, 4.69) is 21.3 Å². The predicted octanol–water partition coefficient (Wildman–Crippen LogP) is 2.99. The Kier molecular flexibility index (Phi) is 4.84. The van der Waals surface area contributed by atoms with Gasteiger partial charge in [-0.15, -0.1) is 0 Å². The molecule has 1 aliphatic rings. The maximum absolute atomic E-state index is 12.7. The molecule has 0 unspecified atom stereocenters. The number of nitrogens with one attached hydrogen (secondary N) is 3. The Morgan fingerprint density at radius 3 is 2.41 bits per heavy atom. The van der Waals surface area contributed by atoms with E-state index >= 15 is 0 Å². The van der Waals surface area contributed by atoms with E-state index in [4.69, 9.17) is 12.2 Å². The summed E-state index contributed by atoms with van der Waals surface area (Å²) in [7, 11) is 0. The summed E-state index contributed by atoms with van der Waals surface area (Å²) in [5.74, 6) is -0.292. The van der Waals surface area contributed by atoms with Gasteiger partial charge in [0, 0.05) is 16.9 Å². The largest absolute Gasteiger partial charge is 0.331 e. The van der Waals surface area contributed by atoms with Crippen LogP contribution in [0.4, 0.5) is 5.69 Å². The monoisotopic (exact) mass is 377 g/mol. The van der Waals surface area contributed by atoms with Crippen molar-refractivity contribution in [2.75, 3.05) is 5.32 Å². The van der Waals surface area contributed by atoms with Crippen LogP contribution in [0.3, 0.4) is 0 Å². The smallest absolute Gasteiger partial charge is 0.290 e. The van der Waals surface area contributed by atoms with Gasteiger partial charge in [-0.05, 0) is 55.7 Å². The van der Waals surface area contributed by atoms with Crippen molar-refractivity contribution < 1.29 is 4.79 Å². The van der Waals surface area contributed by atoms with Gasteiger partial charge in [0.15, 0.2) is 10.8 Å². The molecule has 0 aliphatic heterocycles. The minimum absolute atomic E-state index is 0.292. The molecule has 0 bridgehead atoms. The van der Waals surface area contributed by atoms with Crippen LogP contribution < -0.4 is 16.2 Å². The number of hydrazine groups is 1. The summed E-state index contributed by atoms with van der Waals surface area (Å²) in [5.41, 5.74) is 9.76. The van der Waals surface area contributed by atoms with E-state index in [1.807, 2.05) is 65.3 Å². The van der Waals surface area contributed by atoms with Gasteiger partial charge in [-0.25, -0.2) is 4.68 Å². The fourth-order valence-electron chi connectivity index (χ4n) is 3.26. The zero-order valence-corrected chi connectivity index (χ0v) is 15.4. The first-order valence-corrected chi connectivity index (χ1v) is 9.22. The predicted molar refractivity (Wildman–Crippen MR) is 109 cm³/mol. The molecule has 1 amide bonds. The Bertz CT molecular complexity index is 969. The molecule has 1 aromatic heterocycles. The molecule has 27 heavy (non-hydrogen) atoms. The van der Waals surface area contributed by atoms with Gasteiger partial charge in [0.2, 0.25) is 0 Å². The van der Waals surface area contributed by atoms with Crippen LogP contribution in [-0.4, -0.2) is 20.8 Å². The van der Waals surface area contributed by atoms with Gasteiger partial charge in [0.25, 0.3) is 5.91 Å². The van der Waals surface area contributed by atoms with Crippen molar-refractivity contribution >= 4 is 28.9 Å². The topological polar surface area (TPSA) is 71.0 Å². The number of hydrogen-bond donors (Lipinski definition) is 3. The molecule has 0 saturated heterocycles. The fourth-order valence-corrected chi connectivity index (χ4v) is 3.43. The van der Waals surface area contributed by atoms with Crippen LogP contribution in [0, 0.1) is 0 Å². The van der Waals surface area contributed by atoms with E-state index in [-0.39, 0.29) is 5.91 Å². The van der Waals surface area contributed by atoms with Crippen LogP contribution >= 0.6 is 12.2 Å². The van der Waals surface area contributed by atoms with Gasteiger partial charge < -0.3 is 5.32 Å². The first-order chi connectivity index (χ1) is 13.2. The maximum atomic E-state index is 12.7. The zero-order valence-electron chi connectivity index (χ0n) is 14.6. The van der Waals surface area contributed by atoms with Crippen LogP contribution in [0.15, 0.2) is 60.7 Å². The third-order valence-corrected chi connectivity index (χ3v) is 4.67. The number of nitrogens with zero attached hydrogens (tertiary/aromatic N) is 2. The molecule has 3 aromatic rings. The Morgan fingerprint density at radius 2 is 1.67 bits per heavy atom. The highest BCUT2D eigenvalue weighted by atomic mass is 32.1. The lowest BCUT2D eigenvalue weighted by Crippen LogP contribution is -2.44. The van der Waals surface area contributed by atoms with Gasteiger partial charge in [0.05, 0.1) is 5.69 Å². The number of carbonyl (C=O) groups excluding carboxylic acids is 1. The summed E-state index contributed by atoms with van der Waals surface area (Å²) in [6, 6.07) is 19.4. The van der Waals surface area contributed by atoms with Crippen molar-refractivity contribution in [2.45, 2.75) is 19.3 Å². The number of aromatic nitrogens is 2. The highest BCUT2D eigenvalue weighted by Gasteiger charge is 2.26. The molecule has 0 spiro atoms. The number of carbonyl (C=O) groups is 1. The third kappa shape index (κ3) is 3.68. The second kappa shape index (κ2) is 7.59. The SMILES string of the molecule is O=C(NNC(=S)Nc1ccccc1)c1nn(-c2ccccc2)c2c1CCC2. The number of thiocarbonyl (C=S) groups is 1. The molecule has 0 radical (unpaired) electrons. The third-order valence-electron chi connectivity index (χ3n) is 4.47. The van der Waals surface area contributed by atoms with E-state index in [9.17, 15) is 4.79 Å². The molecule has 0 fully saturated rings. The molecule has 1 aliphatic carbocycles. The van der Waals surface area contributed by atoms with Crippen LogP contribution in [0.5, 0.6) is 0 Å². The minimum Gasteiger partial charge on any atom is -0.331 e. The lowest BCUT2D eigenvalue weighted by molar-refractivity contribution is 0.0938. The van der Waals surface area contributed by atoms with Gasteiger partial charge in [-0.1, -0.05) is 36.4 Å². The van der Waals surface area contributed by atoms with Crippen molar-refractivity contribution in [3.63, 3.8) is 0 Å². The van der Waals surface area contributed by atoms with E-state index < -0.39 is 0 Å². The van der Waals surface area contributed by atoms with Crippen molar-refractivity contribution in [2.24, 2.45) is 0 Å². The Morgan fingerprint density at radius 1 is 0.963 bits per heavy atom. The number of rotatable bonds is 3. The first kappa shape index (κ1) is 17.2.